The van der Waals surface area contributed by atoms with E-state index in [1.807, 2.05) is 31.2 Å². The number of carbonyl (C=O) groups is 1. The van der Waals surface area contributed by atoms with Crippen molar-refractivity contribution in [2.75, 3.05) is 20.2 Å². The maximum absolute atomic E-state index is 13.0. The normalized spacial score (nSPS) is 20.2. The van der Waals surface area contributed by atoms with Gasteiger partial charge in [-0.1, -0.05) is 23.7 Å². The number of sulfonamides is 1. The zero-order valence-corrected chi connectivity index (χ0v) is 18.1. The molecule has 1 atom stereocenters. The second-order valence-corrected chi connectivity index (χ2v) is 9.86. The molecule has 8 heteroatoms. The molecule has 2 aromatic carbocycles. The van der Waals surface area contributed by atoms with Gasteiger partial charge in [-0.05, 0) is 61.7 Å². The molecular weight excluding hydrogens is 412 g/mol. The number of hydrogen-bond acceptors (Lipinski definition) is 4. The highest BCUT2D eigenvalue weighted by molar-refractivity contribution is 7.89. The Hall–Kier alpha value is -2.09. The quantitative estimate of drug-likeness (QED) is 0.752. The number of nitrogens with one attached hydrogen (secondary N) is 1. The summed E-state index contributed by atoms with van der Waals surface area (Å²) in [6, 6.07) is 13.5. The van der Waals surface area contributed by atoms with Crippen molar-refractivity contribution in [2.45, 2.75) is 31.2 Å². The molecule has 0 radical (unpaired) electrons. The Bertz CT molecular complexity index is 961. The number of benzene rings is 2. The second kappa shape index (κ2) is 8.73. The molecule has 2 aromatic rings. The van der Waals surface area contributed by atoms with Gasteiger partial charge in [0, 0.05) is 24.7 Å². The number of carbonyl (C=O) groups excluding carboxylic acids is 1. The van der Waals surface area contributed by atoms with Gasteiger partial charge in [-0.15, -0.1) is 0 Å². The van der Waals surface area contributed by atoms with Crippen LogP contribution in [0.15, 0.2) is 53.4 Å². The molecule has 156 valence electrons. The van der Waals surface area contributed by atoms with Crippen LogP contribution in [0, 0.1) is 5.41 Å². The Kier molecular flexibility index (Phi) is 6.51. The first-order valence-corrected chi connectivity index (χ1v) is 11.2. The molecule has 0 saturated carbocycles. The summed E-state index contributed by atoms with van der Waals surface area (Å²) in [5, 5.41) is 3.42. The van der Waals surface area contributed by atoms with Crippen molar-refractivity contribution in [3.63, 3.8) is 0 Å². The number of piperidine rings is 1. The van der Waals surface area contributed by atoms with E-state index in [9.17, 15) is 13.2 Å². The Labute approximate surface area is 176 Å². The molecule has 1 aliphatic rings. The number of methoxy groups -OCH3 is 1. The SMILES string of the molecule is COc1ccc(CNC(=O)C2(C)CCCN(S(=O)(=O)c3ccc(Cl)cc3)C2)cc1. The minimum atomic E-state index is -3.68. The van der Waals surface area contributed by atoms with Crippen molar-refractivity contribution in [3.05, 3.63) is 59.1 Å². The van der Waals surface area contributed by atoms with Gasteiger partial charge in [0.15, 0.2) is 0 Å². The predicted octanol–water partition coefficient (Wildman–Crippen LogP) is 3.46. The number of amides is 1. The van der Waals surface area contributed by atoms with Crippen LogP contribution in [0.4, 0.5) is 0 Å². The topological polar surface area (TPSA) is 75.7 Å². The summed E-state index contributed by atoms with van der Waals surface area (Å²) in [7, 11) is -2.08. The van der Waals surface area contributed by atoms with E-state index >= 15 is 0 Å². The van der Waals surface area contributed by atoms with Gasteiger partial charge < -0.3 is 10.1 Å². The maximum atomic E-state index is 13.0. The van der Waals surface area contributed by atoms with Gasteiger partial charge in [-0.25, -0.2) is 8.42 Å². The lowest BCUT2D eigenvalue weighted by molar-refractivity contribution is -0.132. The van der Waals surface area contributed by atoms with E-state index in [0.717, 1.165) is 11.3 Å². The lowest BCUT2D eigenvalue weighted by Gasteiger charge is -2.38. The number of rotatable bonds is 6. The predicted molar refractivity (Wildman–Crippen MR) is 112 cm³/mol. The van der Waals surface area contributed by atoms with E-state index in [1.54, 1.807) is 19.2 Å². The van der Waals surface area contributed by atoms with Crippen LogP contribution in [0.3, 0.4) is 0 Å². The third kappa shape index (κ3) is 4.91. The summed E-state index contributed by atoms with van der Waals surface area (Å²) in [6.45, 7) is 2.74. The van der Waals surface area contributed by atoms with Crippen LogP contribution in [0.25, 0.3) is 0 Å². The van der Waals surface area contributed by atoms with Gasteiger partial charge >= 0.3 is 0 Å². The zero-order valence-electron chi connectivity index (χ0n) is 16.5. The molecule has 1 aliphatic heterocycles. The Balaban J connectivity index is 1.68. The van der Waals surface area contributed by atoms with Gasteiger partial charge in [0.2, 0.25) is 15.9 Å². The number of ether oxygens (including phenoxy) is 1. The van der Waals surface area contributed by atoms with Gasteiger partial charge in [-0.3, -0.25) is 4.79 Å². The zero-order chi connectivity index (χ0) is 21.1. The highest BCUT2D eigenvalue weighted by Crippen LogP contribution is 2.33. The van der Waals surface area contributed by atoms with Gasteiger partial charge in [-0.2, -0.15) is 4.31 Å². The first-order valence-electron chi connectivity index (χ1n) is 9.41. The summed E-state index contributed by atoms with van der Waals surface area (Å²) >= 11 is 5.87. The van der Waals surface area contributed by atoms with E-state index in [-0.39, 0.29) is 17.3 Å². The highest BCUT2D eigenvalue weighted by atomic mass is 35.5. The van der Waals surface area contributed by atoms with Crippen LogP contribution in [-0.4, -0.2) is 38.8 Å². The van der Waals surface area contributed by atoms with Crippen LogP contribution in [0.2, 0.25) is 5.02 Å². The molecule has 0 aliphatic carbocycles. The van der Waals surface area contributed by atoms with Crippen LogP contribution < -0.4 is 10.1 Å². The second-order valence-electron chi connectivity index (χ2n) is 7.49. The van der Waals surface area contributed by atoms with Crippen molar-refractivity contribution in [1.82, 2.24) is 9.62 Å². The standard InChI is InChI=1S/C21H25ClN2O4S/c1-21(20(25)23-14-16-4-8-18(28-2)9-5-16)12-3-13-24(15-21)29(26,27)19-10-6-17(22)7-11-19/h4-11H,3,12-15H2,1-2H3,(H,23,25). The van der Waals surface area contributed by atoms with Gasteiger partial charge in [0.1, 0.15) is 5.75 Å². The number of nitrogens with zero attached hydrogens (tertiary/aromatic N) is 1. The summed E-state index contributed by atoms with van der Waals surface area (Å²) in [5.41, 5.74) is 0.161. The highest BCUT2D eigenvalue weighted by Gasteiger charge is 2.41. The first-order chi connectivity index (χ1) is 13.7. The van der Waals surface area contributed by atoms with E-state index in [2.05, 4.69) is 5.32 Å². The third-order valence-electron chi connectivity index (χ3n) is 5.27. The molecule has 1 fully saturated rings. The van der Waals surface area contributed by atoms with Crippen molar-refractivity contribution in [3.8, 4) is 5.75 Å². The Morgan fingerprint density at radius 1 is 1.17 bits per heavy atom. The smallest absolute Gasteiger partial charge is 0.243 e. The molecule has 1 amide bonds. The molecule has 3 rings (SSSR count). The molecule has 1 heterocycles. The summed E-state index contributed by atoms with van der Waals surface area (Å²) in [4.78, 5) is 13.1. The van der Waals surface area contributed by atoms with Crippen molar-refractivity contribution in [2.24, 2.45) is 5.41 Å². The largest absolute Gasteiger partial charge is 0.497 e. The fourth-order valence-corrected chi connectivity index (χ4v) is 5.21. The first kappa shape index (κ1) is 21.6. The summed E-state index contributed by atoms with van der Waals surface area (Å²) in [6.07, 6.45) is 1.26. The average Bonchev–Trinajstić information content (AvgIpc) is 2.72. The van der Waals surface area contributed by atoms with Gasteiger partial charge in [0.25, 0.3) is 0 Å². The minimum Gasteiger partial charge on any atom is -0.497 e. The molecule has 0 bridgehead atoms. The number of hydrogen-bond donors (Lipinski definition) is 1. The third-order valence-corrected chi connectivity index (χ3v) is 7.38. The van der Waals surface area contributed by atoms with Crippen LogP contribution in [-0.2, 0) is 21.4 Å². The Morgan fingerprint density at radius 3 is 2.45 bits per heavy atom. The van der Waals surface area contributed by atoms with Crippen LogP contribution >= 0.6 is 11.6 Å². The van der Waals surface area contributed by atoms with Crippen molar-refractivity contribution in [1.29, 1.82) is 0 Å². The molecule has 0 aromatic heterocycles. The van der Waals surface area contributed by atoms with Crippen LogP contribution in [0.5, 0.6) is 5.75 Å². The monoisotopic (exact) mass is 436 g/mol. The minimum absolute atomic E-state index is 0.145. The van der Waals surface area contributed by atoms with E-state index in [0.29, 0.717) is 31.0 Å². The lowest BCUT2D eigenvalue weighted by Crippen LogP contribution is -2.51. The molecule has 1 N–H and O–H groups in total. The molecule has 29 heavy (non-hydrogen) atoms. The maximum Gasteiger partial charge on any atom is 0.243 e. The molecule has 1 saturated heterocycles. The lowest BCUT2D eigenvalue weighted by atomic mass is 9.82. The summed E-state index contributed by atoms with van der Waals surface area (Å²) < 4.78 is 32.5. The molecular formula is C21H25ClN2O4S. The van der Waals surface area contributed by atoms with Crippen molar-refractivity contribution >= 4 is 27.5 Å². The molecule has 1 unspecified atom stereocenters. The fraction of sp³-hybridized carbons (Fsp3) is 0.381. The van der Waals surface area contributed by atoms with E-state index in [4.69, 9.17) is 16.3 Å². The molecule has 0 spiro atoms. The van der Waals surface area contributed by atoms with E-state index < -0.39 is 15.4 Å². The fourth-order valence-electron chi connectivity index (χ4n) is 3.48. The average molecular weight is 437 g/mol. The van der Waals surface area contributed by atoms with Crippen molar-refractivity contribution < 1.29 is 17.9 Å². The molecule has 6 nitrogen and oxygen atoms in total. The van der Waals surface area contributed by atoms with Crippen LogP contribution in [0.1, 0.15) is 25.3 Å². The number of halogens is 1. The van der Waals surface area contributed by atoms with Gasteiger partial charge in [0.05, 0.1) is 17.4 Å². The van der Waals surface area contributed by atoms with E-state index in [1.165, 1.54) is 16.4 Å². The Morgan fingerprint density at radius 2 is 1.83 bits per heavy atom. The summed E-state index contributed by atoms with van der Waals surface area (Å²) in [5.74, 6) is 0.603.